The molecule has 0 saturated heterocycles. The smallest absolute Gasteiger partial charge is 0.310 e. The van der Waals surface area contributed by atoms with Gasteiger partial charge in [-0.05, 0) is 38.5 Å². The van der Waals surface area contributed by atoms with Crippen LogP contribution >= 0.6 is 0 Å². The Labute approximate surface area is 77.8 Å². The summed E-state index contributed by atoms with van der Waals surface area (Å²) in [5.74, 6) is -0.381. The zero-order valence-corrected chi connectivity index (χ0v) is 7.92. The standard InChI is InChI=1S/C10H16O3/c1-9(13)5-10(6-9,8(11)12)7-3-2-4-7/h7,13H,2-6H2,1H3,(H,11,12). The van der Waals surface area contributed by atoms with Gasteiger partial charge in [0.2, 0.25) is 0 Å². The van der Waals surface area contributed by atoms with Crippen molar-refractivity contribution < 1.29 is 15.0 Å². The van der Waals surface area contributed by atoms with Gasteiger partial charge >= 0.3 is 5.97 Å². The fourth-order valence-electron chi connectivity index (χ4n) is 2.88. The van der Waals surface area contributed by atoms with E-state index in [2.05, 4.69) is 0 Å². The molecule has 0 aromatic carbocycles. The lowest BCUT2D eigenvalue weighted by Crippen LogP contribution is -2.59. The number of hydrogen-bond donors (Lipinski definition) is 2. The number of rotatable bonds is 2. The lowest BCUT2D eigenvalue weighted by Gasteiger charge is -2.55. The van der Waals surface area contributed by atoms with Crippen LogP contribution in [-0.2, 0) is 4.79 Å². The van der Waals surface area contributed by atoms with Gasteiger partial charge in [-0.3, -0.25) is 4.79 Å². The molecular weight excluding hydrogens is 168 g/mol. The summed E-state index contributed by atoms with van der Waals surface area (Å²) < 4.78 is 0. The molecule has 13 heavy (non-hydrogen) atoms. The van der Waals surface area contributed by atoms with Gasteiger partial charge in [-0.1, -0.05) is 6.42 Å². The highest BCUT2D eigenvalue weighted by molar-refractivity contribution is 5.77. The van der Waals surface area contributed by atoms with Crippen molar-refractivity contribution in [3.05, 3.63) is 0 Å². The molecule has 2 N–H and O–H groups in total. The molecule has 0 bridgehead atoms. The maximum Gasteiger partial charge on any atom is 0.310 e. The molecule has 0 heterocycles. The van der Waals surface area contributed by atoms with Crippen molar-refractivity contribution in [2.24, 2.45) is 11.3 Å². The van der Waals surface area contributed by atoms with Crippen LogP contribution in [0.3, 0.4) is 0 Å². The molecule has 0 aromatic heterocycles. The summed E-state index contributed by atoms with van der Waals surface area (Å²) in [6, 6.07) is 0. The topological polar surface area (TPSA) is 57.5 Å². The molecule has 3 nitrogen and oxygen atoms in total. The molecule has 0 radical (unpaired) electrons. The van der Waals surface area contributed by atoms with E-state index >= 15 is 0 Å². The van der Waals surface area contributed by atoms with E-state index in [9.17, 15) is 9.90 Å². The second kappa shape index (κ2) is 2.47. The van der Waals surface area contributed by atoms with E-state index in [0.29, 0.717) is 18.8 Å². The number of carboxylic acid groups (broad SMARTS) is 1. The first kappa shape index (κ1) is 9.00. The van der Waals surface area contributed by atoms with E-state index in [1.54, 1.807) is 6.92 Å². The van der Waals surface area contributed by atoms with E-state index in [0.717, 1.165) is 19.3 Å². The first-order valence-electron chi connectivity index (χ1n) is 4.92. The number of carboxylic acids is 1. The van der Waals surface area contributed by atoms with Gasteiger partial charge in [0.15, 0.2) is 0 Å². The van der Waals surface area contributed by atoms with Crippen LogP contribution in [0.1, 0.15) is 39.0 Å². The molecule has 3 heteroatoms. The van der Waals surface area contributed by atoms with Gasteiger partial charge in [-0.15, -0.1) is 0 Å². The van der Waals surface area contributed by atoms with Gasteiger partial charge in [-0.2, -0.15) is 0 Å². The third-order valence-corrected chi connectivity index (χ3v) is 3.71. The van der Waals surface area contributed by atoms with E-state index in [4.69, 9.17) is 5.11 Å². The first-order chi connectivity index (χ1) is 5.96. The molecule has 0 atom stereocenters. The lowest BCUT2D eigenvalue weighted by atomic mass is 9.50. The van der Waals surface area contributed by atoms with E-state index in [1.807, 2.05) is 0 Å². The Balaban J connectivity index is 2.11. The minimum Gasteiger partial charge on any atom is -0.481 e. The maximum absolute atomic E-state index is 11.1. The van der Waals surface area contributed by atoms with Gasteiger partial charge in [0.25, 0.3) is 0 Å². The Morgan fingerprint density at radius 2 is 1.92 bits per heavy atom. The highest BCUT2D eigenvalue weighted by Crippen LogP contribution is 2.58. The molecule has 0 aromatic rings. The number of aliphatic carboxylic acids is 1. The Morgan fingerprint density at radius 3 is 2.15 bits per heavy atom. The third-order valence-electron chi connectivity index (χ3n) is 3.71. The van der Waals surface area contributed by atoms with Crippen LogP contribution in [-0.4, -0.2) is 21.8 Å². The molecule has 2 rings (SSSR count). The van der Waals surface area contributed by atoms with Crippen LogP contribution in [0.25, 0.3) is 0 Å². The van der Waals surface area contributed by atoms with Crippen molar-refractivity contribution in [2.75, 3.05) is 0 Å². The molecule has 0 aliphatic heterocycles. The van der Waals surface area contributed by atoms with Crippen molar-refractivity contribution in [1.82, 2.24) is 0 Å². The molecule has 0 unspecified atom stereocenters. The largest absolute Gasteiger partial charge is 0.481 e. The van der Waals surface area contributed by atoms with Gasteiger partial charge in [-0.25, -0.2) is 0 Å². The van der Waals surface area contributed by atoms with Crippen LogP contribution < -0.4 is 0 Å². The van der Waals surface area contributed by atoms with Crippen LogP contribution in [0.2, 0.25) is 0 Å². The summed E-state index contributed by atoms with van der Waals surface area (Å²) in [6.07, 6.45) is 4.10. The summed E-state index contributed by atoms with van der Waals surface area (Å²) in [5.41, 5.74) is -1.31. The van der Waals surface area contributed by atoms with Crippen molar-refractivity contribution in [1.29, 1.82) is 0 Å². The van der Waals surface area contributed by atoms with Gasteiger partial charge in [0.1, 0.15) is 0 Å². The summed E-state index contributed by atoms with van der Waals surface area (Å²) >= 11 is 0. The molecule has 2 aliphatic rings. The zero-order chi connectivity index (χ0) is 9.69. The summed E-state index contributed by atoms with van der Waals surface area (Å²) in [5, 5.41) is 18.7. The second-order valence-electron chi connectivity index (χ2n) is 4.94. The predicted molar refractivity (Wildman–Crippen MR) is 47.3 cm³/mol. The first-order valence-corrected chi connectivity index (χ1v) is 4.92. The van der Waals surface area contributed by atoms with Crippen molar-refractivity contribution >= 4 is 5.97 Å². The van der Waals surface area contributed by atoms with Crippen LogP contribution in [0.5, 0.6) is 0 Å². The summed E-state index contributed by atoms with van der Waals surface area (Å²) in [6.45, 7) is 1.73. The average Bonchev–Trinajstić information content (AvgIpc) is 1.77. The van der Waals surface area contributed by atoms with E-state index < -0.39 is 17.0 Å². The summed E-state index contributed by atoms with van der Waals surface area (Å²) in [7, 11) is 0. The molecule has 2 aliphatic carbocycles. The highest BCUT2D eigenvalue weighted by atomic mass is 16.4. The normalized spacial score (nSPS) is 45.1. The molecule has 0 amide bonds. The maximum atomic E-state index is 11.1. The molecular formula is C10H16O3. The molecule has 0 spiro atoms. The Morgan fingerprint density at radius 1 is 1.38 bits per heavy atom. The molecule has 2 saturated carbocycles. The highest BCUT2D eigenvalue weighted by Gasteiger charge is 2.61. The number of aliphatic hydroxyl groups is 1. The lowest BCUT2D eigenvalue weighted by molar-refractivity contribution is -0.194. The number of carbonyl (C=O) groups is 1. The molecule has 2 fully saturated rings. The minimum atomic E-state index is -0.728. The Bertz CT molecular complexity index is 233. The van der Waals surface area contributed by atoms with Crippen molar-refractivity contribution in [2.45, 2.75) is 44.6 Å². The van der Waals surface area contributed by atoms with Gasteiger partial charge < -0.3 is 10.2 Å². The average molecular weight is 184 g/mol. The quantitative estimate of drug-likeness (QED) is 0.682. The van der Waals surface area contributed by atoms with Crippen LogP contribution in [0.15, 0.2) is 0 Å². The summed E-state index contributed by atoms with van der Waals surface area (Å²) in [4.78, 5) is 11.1. The van der Waals surface area contributed by atoms with Crippen molar-refractivity contribution in [3.63, 3.8) is 0 Å². The monoisotopic (exact) mass is 184 g/mol. The van der Waals surface area contributed by atoms with E-state index in [1.165, 1.54) is 0 Å². The third kappa shape index (κ3) is 1.17. The SMILES string of the molecule is CC1(O)CC(C(=O)O)(C2CCC2)C1. The van der Waals surface area contributed by atoms with E-state index in [-0.39, 0.29) is 0 Å². The van der Waals surface area contributed by atoms with Gasteiger partial charge in [0.05, 0.1) is 11.0 Å². The van der Waals surface area contributed by atoms with Crippen LogP contribution in [0, 0.1) is 11.3 Å². The minimum absolute atomic E-state index is 0.324. The Kier molecular flexibility index (Phi) is 1.71. The number of hydrogen-bond acceptors (Lipinski definition) is 2. The fourth-order valence-corrected chi connectivity index (χ4v) is 2.88. The second-order valence-corrected chi connectivity index (χ2v) is 4.94. The van der Waals surface area contributed by atoms with Gasteiger partial charge in [0, 0.05) is 0 Å². The van der Waals surface area contributed by atoms with Crippen molar-refractivity contribution in [3.8, 4) is 0 Å². The zero-order valence-electron chi connectivity index (χ0n) is 7.92. The predicted octanol–water partition coefficient (Wildman–Crippen LogP) is 1.40. The molecule has 74 valence electrons. The van der Waals surface area contributed by atoms with Crippen LogP contribution in [0.4, 0.5) is 0 Å². The fraction of sp³-hybridized carbons (Fsp3) is 0.900. The Hall–Kier alpha value is -0.570.